The Kier molecular flexibility index (Phi) is 3.22. The van der Waals surface area contributed by atoms with E-state index in [1.807, 2.05) is 32.9 Å². The molecule has 2 aromatic heterocycles. The largest absolute Gasteiger partial charge is 0.298 e. The average molecular weight is 264 g/mol. The van der Waals surface area contributed by atoms with E-state index in [0.29, 0.717) is 22.2 Å². The number of nitrogens with zero attached hydrogens (tertiary/aromatic N) is 3. The van der Waals surface area contributed by atoms with Crippen molar-refractivity contribution in [2.45, 2.75) is 26.2 Å². The summed E-state index contributed by atoms with van der Waals surface area (Å²) in [5.41, 5.74) is 0.850. The molecule has 5 heteroatoms. The van der Waals surface area contributed by atoms with Crippen LogP contribution in [0.25, 0.3) is 5.82 Å². The Morgan fingerprint density at radius 3 is 2.50 bits per heavy atom. The van der Waals surface area contributed by atoms with E-state index in [1.54, 1.807) is 12.3 Å². The fraction of sp³-hybridized carbons (Fsp3) is 0.308. The Bertz CT molecular complexity index is 570. The van der Waals surface area contributed by atoms with Crippen LogP contribution in [0, 0.1) is 0 Å². The number of aldehydes is 1. The Labute approximate surface area is 111 Å². The molecule has 0 radical (unpaired) electrons. The minimum atomic E-state index is -0.250. The molecule has 4 nitrogen and oxygen atoms in total. The highest BCUT2D eigenvalue weighted by atomic mass is 35.5. The topological polar surface area (TPSA) is 47.8 Å². The summed E-state index contributed by atoms with van der Waals surface area (Å²) in [6.07, 6.45) is 2.40. The third-order valence-electron chi connectivity index (χ3n) is 2.56. The molecule has 0 aliphatic carbocycles. The van der Waals surface area contributed by atoms with E-state index < -0.39 is 0 Å². The molecule has 0 saturated heterocycles. The fourth-order valence-electron chi connectivity index (χ4n) is 1.70. The fourth-order valence-corrected chi connectivity index (χ4v) is 1.96. The van der Waals surface area contributed by atoms with Gasteiger partial charge in [-0.3, -0.25) is 4.79 Å². The van der Waals surface area contributed by atoms with Gasteiger partial charge in [-0.1, -0.05) is 38.4 Å². The van der Waals surface area contributed by atoms with Crippen LogP contribution in [0.15, 0.2) is 24.4 Å². The van der Waals surface area contributed by atoms with E-state index in [0.717, 1.165) is 6.29 Å². The van der Waals surface area contributed by atoms with Gasteiger partial charge < -0.3 is 0 Å². The number of hydrogen-bond acceptors (Lipinski definition) is 3. The third-order valence-corrected chi connectivity index (χ3v) is 2.92. The van der Waals surface area contributed by atoms with Crippen molar-refractivity contribution in [2.75, 3.05) is 0 Å². The molecular formula is C13H14ClN3O. The van der Waals surface area contributed by atoms with Gasteiger partial charge in [0.1, 0.15) is 5.15 Å². The first-order valence-corrected chi connectivity index (χ1v) is 5.98. The summed E-state index contributed by atoms with van der Waals surface area (Å²) in [5.74, 6) is 0.598. The van der Waals surface area contributed by atoms with Crippen LogP contribution in [0.3, 0.4) is 0 Å². The summed E-state index contributed by atoms with van der Waals surface area (Å²) in [7, 11) is 0. The monoisotopic (exact) mass is 263 g/mol. The van der Waals surface area contributed by atoms with Crippen molar-refractivity contribution >= 4 is 17.9 Å². The first-order chi connectivity index (χ1) is 8.45. The number of carbonyl (C=O) groups excluding carboxylic acids is 1. The van der Waals surface area contributed by atoms with E-state index in [4.69, 9.17) is 11.6 Å². The van der Waals surface area contributed by atoms with Crippen LogP contribution < -0.4 is 0 Å². The Morgan fingerprint density at radius 1 is 1.33 bits per heavy atom. The molecule has 0 fully saturated rings. The second-order valence-electron chi connectivity index (χ2n) is 5.02. The zero-order valence-electron chi connectivity index (χ0n) is 10.5. The summed E-state index contributed by atoms with van der Waals surface area (Å²) < 4.78 is 1.49. The maximum Gasteiger partial charge on any atom is 0.155 e. The normalized spacial score (nSPS) is 11.6. The van der Waals surface area contributed by atoms with Crippen molar-refractivity contribution in [2.24, 2.45) is 0 Å². The first kappa shape index (κ1) is 12.8. The predicted octanol–water partition coefficient (Wildman–Crippen LogP) is 3.03. The molecular weight excluding hydrogens is 250 g/mol. The summed E-state index contributed by atoms with van der Waals surface area (Å²) >= 11 is 6.20. The Balaban J connectivity index is 2.65. The lowest BCUT2D eigenvalue weighted by molar-refractivity contribution is 0.112. The molecule has 0 saturated carbocycles. The third kappa shape index (κ3) is 2.16. The van der Waals surface area contributed by atoms with Crippen LogP contribution in [0.2, 0.25) is 5.15 Å². The van der Waals surface area contributed by atoms with Crippen LogP contribution >= 0.6 is 11.6 Å². The van der Waals surface area contributed by atoms with Crippen molar-refractivity contribution in [1.29, 1.82) is 0 Å². The Morgan fingerprint density at radius 2 is 2.06 bits per heavy atom. The van der Waals surface area contributed by atoms with E-state index in [-0.39, 0.29) is 5.41 Å². The molecule has 0 aromatic carbocycles. The summed E-state index contributed by atoms with van der Waals surface area (Å²) in [5, 5.41) is 4.71. The molecule has 2 rings (SSSR count). The van der Waals surface area contributed by atoms with Crippen molar-refractivity contribution in [1.82, 2.24) is 14.8 Å². The number of hydrogen-bond donors (Lipinski definition) is 0. The maximum atomic E-state index is 11.2. The standard InChI is InChI=1S/C13H14ClN3O/c1-13(2,3)11-9(8-18)12(14)17(16-11)10-6-4-5-7-15-10/h4-8H,1-3H3. The molecule has 0 aliphatic rings. The van der Waals surface area contributed by atoms with E-state index in [1.165, 1.54) is 4.68 Å². The van der Waals surface area contributed by atoms with Gasteiger partial charge in [0.25, 0.3) is 0 Å². The van der Waals surface area contributed by atoms with Crippen molar-refractivity contribution in [3.05, 3.63) is 40.8 Å². The van der Waals surface area contributed by atoms with Crippen molar-refractivity contribution < 1.29 is 4.79 Å². The van der Waals surface area contributed by atoms with E-state index in [2.05, 4.69) is 10.1 Å². The second kappa shape index (κ2) is 4.53. The first-order valence-electron chi connectivity index (χ1n) is 5.60. The van der Waals surface area contributed by atoms with Gasteiger partial charge in [0, 0.05) is 11.6 Å². The van der Waals surface area contributed by atoms with Crippen LogP contribution in [-0.4, -0.2) is 21.1 Å². The lowest BCUT2D eigenvalue weighted by Gasteiger charge is -2.15. The summed E-state index contributed by atoms with van der Waals surface area (Å²) in [6, 6.07) is 5.45. The zero-order valence-corrected chi connectivity index (χ0v) is 11.3. The zero-order chi connectivity index (χ0) is 13.3. The molecule has 0 spiro atoms. The highest BCUT2D eigenvalue weighted by molar-refractivity contribution is 6.32. The molecule has 0 N–H and O–H groups in total. The van der Waals surface area contributed by atoms with Gasteiger partial charge >= 0.3 is 0 Å². The highest BCUT2D eigenvalue weighted by Crippen LogP contribution is 2.29. The summed E-state index contributed by atoms with van der Waals surface area (Å²) in [6.45, 7) is 5.96. The predicted molar refractivity (Wildman–Crippen MR) is 70.5 cm³/mol. The van der Waals surface area contributed by atoms with Gasteiger partial charge in [0.2, 0.25) is 0 Å². The van der Waals surface area contributed by atoms with Crippen molar-refractivity contribution in [3.8, 4) is 5.82 Å². The molecule has 0 bridgehead atoms. The minimum absolute atomic E-state index is 0.250. The molecule has 2 aromatic rings. The van der Waals surface area contributed by atoms with Crippen LogP contribution in [0.5, 0.6) is 0 Å². The summed E-state index contributed by atoms with van der Waals surface area (Å²) in [4.78, 5) is 15.4. The number of halogens is 1. The number of aromatic nitrogens is 3. The van der Waals surface area contributed by atoms with Gasteiger partial charge in [-0.25, -0.2) is 9.67 Å². The van der Waals surface area contributed by atoms with E-state index in [9.17, 15) is 4.79 Å². The minimum Gasteiger partial charge on any atom is -0.298 e. The van der Waals surface area contributed by atoms with Gasteiger partial charge in [-0.2, -0.15) is 5.10 Å². The lowest BCUT2D eigenvalue weighted by atomic mass is 9.90. The maximum absolute atomic E-state index is 11.2. The number of carbonyl (C=O) groups is 1. The van der Waals surface area contributed by atoms with Crippen LogP contribution in [0.4, 0.5) is 0 Å². The molecule has 0 atom stereocenters. The number of pyridine rings is 1. The average Bonchev–Trinajstić information content (AvgIpc) is 2.67. The van der Waals surface area contributed by atoms with Gasteiger partial charge in [0.15, 0.2) is 12.1 Å². The SMILES string of the molecule is CC(C)(C)c1nn(-c2ccccn2)c(Cl)c1C=O. The molecule has 0 unspecified atom stereocenters. The molecule has 0 aliphatic heterocycles. The Hall–Kier alpha value is -1.68. The molecule has 94 valence electrons. The smallest absolute Gasteiger partial charge is 0.155 e. The van der Waals surface area contributed by atoms with E-state index >= 15 is 0 Å². The van der Waals surface area contributed by atoms with Crippen LogP contribution in [-0.2, 0) is 5.41 Å². The second-order valence-corrected chi connectivity index (χ2v) is 5.38. The van der Waals surface area contributed by atoms with Gasteiger partial charge in [-0.05, 0) is 12.1 Å². The number of rotatable bonds is 2. The van der Waals surface area contributed by atoms with Crippen molar-refractivity contribution in [3.63, 3.8) is 0 Å². The van der Waals surface area contributed by atoms with Gasteiger partial charge in [0.05, 0.1) is 11.3 Å². The van der Waals surface area contributed by atoms with Crippen LogP contribution in [0.1, 0.15) is 36.8 Å². The molecule has 0 amide bonds. The lowest BCUT2D eigenvalue weighted by Crippen LogP contribution is -2.14. The quantitative estimate of drug-likeness (QED) is 0.783. The molecule has 18 heavy (non-hydrogen) atoms. The highest BCUT2D eigenvalue weighted by Gasteiger charge is 2.26. The van der Waals surface area contributed by atoms with Gasteiger partial charge in [-0.15, -0.1) is 0 Å². The molecule has 2 heterocycles.